The van der Waals surface area contributed by atoms with Crippen LogP contribution in [0.2, 0.25) is 5.02 Å². The highest BCUT2D eigenvalue weighted by molar-refractivity contribution is 6.32. The number of aromatic nitrogens is 2. The van der Waals surface area contributed by atoms with E-state index >= 15 is 0 Å². The molecule has 146 valence electrons. The molecule has 0 atom stereocenters. The van der Waals surface area contributed by atoms with E-state index < -0.39 is 0 Å². The third kappa shape index (κ3) is 5.04. The predicted molar refractivity (Wildman–Crippen MR) is 113 cm³/mol. The zero-order valence-corrected chi connectivity index (χ0v) is 16.9. The van der Waals surface area contributed by atoms with E-state index in [1.807, 2.05) is 37.3 Å². The summed E-state index contributed by atoms with van der Waals surface area (Å²) in [4.78, 5) is 8.97. The fourth-order valence-electron chi connectivity index (χ4n) is 2.82. The molecule has 7 heteroatoms. The van der Waals surface area contributed by atoms with Crippen LogP contribution in [0.3, 0.4) is 0 Å². The molecular weight excluding hydrogens is 376 g/mol. The van der Waals surface area contributed by atoms with Crippen molar-refractivity contribution in [2.24, 2.45) is 0 Å². The number of nitrogens with zero attached hydrogens (tertiary/aromatic N) is 2. The molecule has 0 radical (unpaired) electrons. The maximum atomic E-state index is 6.18. The first-order valence-corrected chi connectivity index (χ1v) is 9.29. The minimum atomic E-state index is 0.501. The normalized spacial score (nSPS) is 10.4. The second-order valence-corrected chi connectivity index (χ2v) is 6.59. The molecule has 1 heterocycles. The zero-order valence-electron chi connectivity index (χ0n) is 16.1. The molecule has 2 aromatic carbocycles. The average Bonchev–Trinajstić information content (AvgIpc) is 2.68. The first kappa shape index (κ1) is 19.8. The van der Waals surface area contributed by atoms with Crippen molar-refractivity contribution in [3.63, 3.8) is 0 Å². The first-order chi connectivity index (χ1) is 13.6. The molecular formula is C21H23ClN4O2. The van der Waals surface area contributed by atoms with Gasteiger partial charge in [0.25, 0.3) is 0 Å². The number of para-hydroxylation sites is 1. The lowest BCUT2D eigenvalue weighted by Gasteiger charge is -2.12. The van der Waals surface area contributed by atoms with Crippen LogP contribution in [0.1, 0.15) is 11.3 Å². The van der Waals surface area contributed by atoms with Crippen LogP contribution >= 0.6 is 11.6 Å². The van der Waals surface area contributed by atoms with Crippen molar-refractivity contribution in [2.75, 3.05) is 31.4 Å². The van der Waals surface area contributed by atoms with Crippen molar-refractivity contribution in [3.05, 3.63) is 64.8 Å². The lowest BCUT2D eigenvalue weighted by Crippen LogP contribution is -2.09. The molecule has 0 fully saturated rings. The summed E-state index contributed by atoms with van der Waals surface area (Å²) in [5.41, 5.74) is 2.79. The molecule has 0 saturated heterocycles. The van der Waals surface area contributed by atoms with Crippen molar-refractivity contribution >= 4 is 29.1 Å². The Morgan fingerprint density at radius 3 is 2.50 bits per heavy atom. The minimum Gasteiger partial charge on any atom is -0.496 e. The number of rotatable bonds is 8. The van der Waals surface area contributed by atoms with E-state index in [9.17, 15) is 0 Å². The van der Waals surface area contributed by atoms with Crippen molar-refractivity contribution in [2.45, 2.75) is 13.3 Å². The average molecular weight is 399 g/mol. The van der Waals surface area contributed by atoms with E-state index in [0.717, 1.165) is 41.5 Å². The monoisotopic (exact) mass is 398 g/mol. The lowest BCUT2D eigenvalue weighted by atomic mass is 10.1. The number of aryl methyl sites for hydroxylation is 1. The second kappa shape index (κ2) is 9.28. The van der Waals surface area contributed by atoms with Crippen molar-refractivity contribution < 1.29 is 9.47 Å². The Kier molecular flexibility index (Phi) is 6.55. The van der Waals surface area contributed by atoms with Gasteiger partial charge in [-0.05, 0) is 43.2 Å². The van der Waals surface area contributed by atoms with Crippen LogP contribution in [0.25, 0.3) is 0 Å². The minimum absolute atomic E-state index is 0.501. The van der Waals surface area contributed by atoms with Gasteiger partial charge in [-0.3, -0.25) is 0 Å². The van der Waals surface area contributed by atoms with Crippen LogP contribution < -0.4 is 20.1 Å². The second-order valence-electron chi connectivity index (χ2n) is 6.18. The summed E-state index contributed by atoms with van der Waals surface area (Å²) in [5, 5.41) is 7.05. The molecule has 0 aliphatic rings. The number of benzene rings is 2. The van der Waals surface area contributed by atoms with E-state index in [-0.39, 0.29) is 0 Å². The van der Waals surface area contributed by atoms with E-state index in [1.165, 1.54) is 0 Å². The highest BCUT2D eigenvalue weighted by Crippen LogP contribution is 2.28. The van der Waals surface area contributed by atoms with Crippen molar-refractivity contribution in [3.8, 4) is 11.5 Å². The SMILES string of the molecule is COc1ccc(Nc2nc(C)cc(NCCc3ccccc3OC)n2)cc1Cl. The van der Waals surface area contributed by atoms with Gasteiger partial charge in [-0.2, -0.15) is 4.98 Å². The van der Waals surface area contributed by atoms with Gasteiger partial charge in [-0.15, -0.1) is 0 Å². The third-order valence-corrected chi connectivity index (χ3v) is 4.45. The van der Waals surface area contributed by atoms with E-state index in [1.54, 1.807) is 26.4 Å². The lowest BCUT2D eigenvalue weighted by molar-refractivity contribution is 0.410. The Morgan fingerprint density at radius 2 is 1.75 bits per heavy atom. The molecule has 1 aromatic heterocycles. The molecule has 0 aliphatic heterocycles. The summed E-state index contributed by atoms with van der Waals surface area (Å²) >= 11 is 6.18. The summed E-state index contributed by atoms with van der Waals surface area (Å²) in [5.74, 6) is 2.77. The van der Waals surface area contributed by atoms with Gasteiger partial charge in [0.2, 0.25) is 5.95 Å². The fraction of sp³-hybridized carbons (Fsp3) is 0.238. The van der Waals surface area contributed by atoms with E-state index in [2.05, 4.69) is 26.7 Å². The summed E-state index contributed by atoms with van der Waals surface area (Å²) < 4.78 is 10.6. The van der Waals surface area contributed by atoms with E-state index in [4.69, 9.17) is 21.1 Å². The highest BCUT2D eigenvalue weighted by Gasteiger charge is 2.07. The number of ether oxygens (including phenoxy) is 2. The van der Waals surface area contributed by atoms with Gasteiger partial charge >= 0.3 is 0 Å². The van der Waals surface area contributed by atoms with Crippen molar-refractivity contribution in [1.29, 1.82) is 0 Å². The standard InChI is InChI=1S/C21H23ClN4O2/c1-14-12-20(23-11-10-15-6-4-5-7-18(15)27-2)26-21(24-14)25-16-8-9-19(28-3)17(22)13-16/h4-9,12-13H,10-11H2,1-3H3,(H2,23,24,25,26). The van der Waals surface area contributed by atoms with Crippen molar-refractivity contribution in [1.82, 2.24) is 9.97 Å². The number of methoxy groups -OCH3 is 2. The van der Waals surface area contributed by atoms with Gasteiger partial charge in [0.05, 0.1) is 19.2 Å². The van der Waals surface area contributed by atoms with Gasteiger partial charge in [0, 0.05) is 24.0 Å². The number of hydrogen-bond acceptors (Lipinski definition) is 6. The summed E-state index contributed by atoms with van der Waals surface area (Å²) in [6.07, 6.45) is 0.823. The van der Waals surface area contributed by atoms with Gasteiger partial charge in [-0.25, -0.2) is 4.98 Å². The maximum absolute atomic E-state index is 6.18. The summed E-state index contributed by atoms with van der Waals surface area (Å²) in [7, 11) is 3.27. The Morgan fingerprint density at radius 1 is 0.964 bits per heavy atom. The molecule has 0 unspecified atom stereocenters. The van der Waals surface area contributed by atoms with Crippen LogP contribution in [0, 0.1) is 6.92 Å². The molecule has 0 bridgehead atoms. The van der Waals surface area contributed by atoms with Gasteiger partial charge in [0.1, 0.15) is 17.3 Å². The van der Waals surface area contributed by atoms with Gasteiger partial charge in [0.15, 0.2) is 0 Å². The van der Waals surface area contributed by atoms with Gasteiger partial charge in [-0.1, -0.05) is 29.8 Å². The van der Waals surface area contributed by atoms with Gasteiger partial charge < -0.3 is 20.1 Å². The quantitative estimate of drug-likeness (QED) is 0.565. The molecule has 0 amide bonds. The molecule has 3 aromatic rings. The molecule has 0 aliphatic carbocycles. The van der Waals surface area contributed by atoms with Crippen LogP contribution in [-0.2, 0) is 6.42 Å². The van der Waals surface area contributed by atoms with E-state index in [0.29, 0.717) is 16.7 Å². The number of halogens is 1. The van der Waals surface area contributed by atoms with Crippen LogP contribution in [0.15, 0.2) is 48.5 Å². The Hall–Kier alpha value is -2.99. The highest BCUT2D eigenvalue weighted by atomic mass is 35.5. The Bertz CT molecular complexity index is 949. The number of hydrogen-bond donors (Lipinski definition) is 2. The molecule has 0 saturated carbocycles. The fourth-order valence-corrected chi connectivity index (χ4v) is 3.08. The van der Waals surface area contributed by atoms with Crippen LogP contribution in [0.4, 0.5) is 17.5 Å². The largest absolute Gasteiger partial charge is 0.496 e. The molecule has 2 N–H and O–H groups in total. The Balaban J connectivity index is 1.67. The summed E-state index contributed by atoms with van der Waals surface area (Å²) in [6, 6.07) is 15.4. The zero-order chi connectivity index (χ0) is 19.9. The van der Waals surface area contributed by atoms with Crippen LogP contribution in [-0.4, -0.2) is 30.7 Å². The predicted octanol–water partition coefficient (Wildman–Crippen LogP) is 4.85. The summed E-state index contributed by atoms with van der Waals surface area (Å²) in [6.45, 7) is 2.66. The Labute approximate surface area is 169 Å². The molecule has 6 nitrogen and oxygen atoms in total. The number of nitrogens with one attached hydrogen (secondary N) is 2. The maximum Gasteiger partial charge on any atom is 0.229 e. The topological polar surface area (TPSA) is 68.3 Å². The molecule has 0 spiro atoms. The molecule has 28 heavy (non-hydrogen) atoms. The number of anilines is 3. The third-order valence-electron chi connectivity index (χ3n) is 4.16. The van der Waals surface area contributed by atoms with Crippen LogP contribution in [0.5, 0.6) is 11.5 Å². The first-order valence-electron chi connectivity index (χ1n) is 8.91. The smallest absolute Gasteiger partial charge is 0.229 e. The molecule has 3 rings (SSSR count).